The number of nitrogen functional groups attached to an aromatic ring is 1. The summed E-state index contributed by atoms with van der Waals surface area (Å²) >= 11 is 0. The number of rotatable bonds is 5. The molecule has 0 saturated carbocycles. The lowest BCUT2D eigenvalue weighted by molar-refractivity contribution is -0.0598. The number of nitrogens with zero attached hydrogens (tertiary/aromatic N) is 2. The molecule has 1 aliphatic rings. The SMILES string of the molecule is COc1ccc(C(=O)OC[C@@H]2O[C@H](n3ccc(N)nc3=O)[C@H](O)[C@@H]2O)cc1. The molecule has 4 N–H and O–H groups in total. The molecule has 0 amide bonds. The minimum Gasteiger partial charge on any atom is -0.497 e. The van der Waals surface area contributed by atoms with Crippen molar-refractivity contribution in [3.8, 4) is 5.75 Å². The second-order valence-electron chi connectivity index (χ2n) is 5.92. The van der Waals surface area contributed by atoms with E-state index in [1.165, 1.54) is 31.5 Å². The normalized spacial score (nSPS) is 24.6. The fraction of sp³-hybridized carbons (Fsp3) is 0.353. The molecule has 3 rings (SSSR count). The monoisotopic (exact) mass is 377 g/mol. The Bertz CT molecular complexity index is 868. The lowest BCUT2D eigenvalue weighted by Crippen LogP contribution is -2.36. The number of anilines is 1. The number of aliphatic hydroxyl groups is 2. The minimum absolute atomic E-state index is 0.0225. The highest BCUT2D eigenvalue weighted by Gasteiger charge is 2.44. The van der Waals surface area contributed by atoms with Crippen LogP contribution in [-0.2, 0) is 9.47 Å². The van der Waals surface area contributed by atoms with Crippen molar-refractivity contribution < 1.29 is 29.2 Å². The van der Waals surface area contributed by atoms with Crippen LogP contribution in [0.25, 0.3) is 0 Å². The molecule has 0 spiro atoms. The van der Waals surface area contributed by atoms with E-state index >= 15 is 0 Å². The van der Waals surface area contributed by atoms with Crippen LogP contribution in [0.1, 0.15) is 16.6 Å². The van der Waals surface area contributed by atoms with Crippen LogP contribution in [0.4, 0.5) is 5.82 Å². The van der Waals surface area contributed by atoms with E-state index in [0.29, 0.717) is 11.3 Å². The first-order chi connectivity index (χ1) is 12.9. The largest absolute Gasteiger partial charge is 0.497 e. The van der Waals surface area contributed by atoms with E-state index in [2.05, 4.69) is 4.98 Å². The number of hydrogen-bond donors (Lipinski definition) is 3. The van der Waals surface area contributed by atoms with Crippen LogP contribution in [0.2, 0.25) is 0 Å². The summed E-state index contributed by atoms with van der Waals surface area (Å²) in [5, 5.41) is 20.3. The number of methoxy groups -OCH3 is 1. The molecule has 10 nitrogen and oxygen atoms in total. The van der Waals surface area contributed by atoms with Gasteiger partial charge >= 0.3 is 11.7 Å². The van der Waals surface area contributed by atoms with Crippen molar-refractivity contribution in [1.82, 2.24) is 9.55 Å². The maximum absolute atomic E-state index is 12.1. The highest BCUT2D eigenvalue weighted by atomic mass is 16.6. The van der Waals surface area contributed by atoms with Gasteiger partial charge in [0.15, 0.2) is 6.23 Å². The summed E-state index contributed by atoms with van der Waals surface area (Å²) < 4.78 is 16.7. The second kappa shape index (κ2) is 7.74. The third-order valence-electron chi connectivity index (χ3n) is 4.17. The Balaban J connectivity index is 1.65. The van der Waals surface area contributed by atoms with E-state index in [9.17, 15) is 19.8 Å². The van der Waals surface area contributed by atoms with Crippen LogP contribution in [0, 0.1) is 0 Å². The van der Waals surface area contributed by atoms with Crippen LogP contribution < -0.4 is 16.2 Å². The summed E-state index contributed by atoms with van der Waals surface area (Å²) in [6.45, 7) is -0.309. The van der Waals surface area contributed by atoms with Gasteiger partial charge in [0.2, 0.25) is 0 Å². The predicted octanol–water partition coefficient (Wildman–Crippen LogP) is -0.690. The highest BCUT2D eigenvalue weighted by molar-refractivity contribution is 5.89. The first kappa shape index (κ1) is 18.8. The molecule has 0 bridgehead atoms. The van der Waals surface area contributed by atoms with Crippen LogP contribution in [0.3, 0.4) is 0 Å². The number of esters is 1. The van der Waals surface area contributed by atoms with Crippen LogP contribution >= 0.6 is 0 Å². The summed E-state index contributed by atoms with van der Waals surface area (Å²) in [6.07, 6.45) is -3.65. The molecular weight excluding hydrogens is 358 g/mol. The molecule has 1 saturated heterocycles. The van der Waals surface area contributed by atoms with E-state index in [1.807, 2.05) is 0 Å². The number of carbonyl (C=O) groups is 1. The highest BCUT2D eigenvalue weighted by Crippen LogP contribution is 2.28. The summed E-state index contributed by atoms with van der Waals surface area (Å²) in [4.78, 5) is 27.5. The maximum atomic E-state index is 12.1. The van der Waals surface area contributed by atoms with Gasteiger partial charge in [-0.1, -0.05) is 0 Å². The zero-order valence-electron chi connectivity index (χ0n) is 14.4. The van der Waals surface area contributed by atoms with Gasteiger partial charge in [-0.05, 0) is 30.3 Å². The number of hydrogen-bond acceptors (Lipinski definition) is 9. The Labute approximate surface area is 153 Å². The van der Waals surface area contributed by atoms with Crippen molar-refractivity contribution in [2.45, 2.75) is 24.5 Å². The molecule has 4 atom stereocenters. The number of ether oxygens (including phenoxy) is 3. The number of nitrogens with two attached hydrogens (primary N) is 1. The maximum Gasteiger partial charge on any atom is 0.351 e. The van der Waals surface area contributed by atoms with Gasteiger partial charge in [-0.2, -0.15) is 4.98 Å². The molecule has 1 aliphatic heterocycles. The van der Waals surface area contributed by atoms with Gasteiger partial charge in [0.05, 0.1) is 12.7 Å². The molecule has 1 fully saturated rings. The van der Waals surface area contributed by atoms with E-state index in [-0.39, 0.29) is 12.4 Å². The molecule has 1 aromatic heterocycles. The molecule has 144 valence electrons. The van der Waals surface area contributed by atoms with E-state index < -0.39 is 36.2 Å². The van der Waals surface area contributed by atoms with Crippen molar-refractivity contribution >= 4 is 11.8 Å². The molecular formula is C17H19N3O7. The summed E-state index contributed by atoms with van der Waals surface area (Å²) in [5.41, 5.74) is 4.98. The van der Waals surface area contributed by atoms with Gasteiger partial charge in [-0.15, -0.1) is 0 Å². The minimum atomic E-state index is -1.40. The lowest BCUT2D eigenvalue weighted by Gasteiger charge is -2.16. The fourth-order valence-corrected chi connectivity index (χ4v) is 2.68. The zero-order chi connectivity index (χ0) is 19.6. The van der Waals surface area contributed by atoms with Crippen molar-refractivity contribution in [2.75, 3.05) is 19.5 Å². The predicted molar refractivity (Wildman–Crippen MR) is 92.1 cm³/mol. The average molecular weight is 377 g/mol. The van der Waals surface area contributed by atoms with Crippen molar-refractivity contribution in [1.29, 1.82) is 0 Å². The topological polar surface area (TPSA) is 146 Å². The van der Waals surface area contributed by atoms with Crippen LogP contribution in [0.15, 0.2) is 41.3 Å². The molecule has 0 radical (unpaired) electrons. The van der Waals surface area contributed by atoms with Crippen LogP contribution in [0.5, 0.6) is 5.75 Å². The van der Waals surface area contributed by atoms with Crippen molar-refractivity contribution in [3.63, 3.8) is 0 Å². The smallest absolute Gasteiger partial charge is 0.351 e. The summed E-state index contributed by atoms with van der Waals surface area (Å²) in [5.74, 6) is -0.0124. The van der Waals surface area contributed by atoms with E-state index in [0.717, 1.165) is 4.57 Å². The molecule has 1 aromatic carbocycles. The first-order valence-corrected chi connectivity index (χ1v) is 8.08. The Hall–Kier alpha value is -2.95. The van der Waals surface area contributed by atoms with Gasteiger partial charge in [0, 0.05) is 6.20 Å². The number of aromatic nitrogens is 2. The standard InChI is InChI=1S/C17H19N3O7/c1-25-10-4-2-9(3-5-10)16(23)26-8-11-13(21)14(22)15(27-11)20-7-6-12(18)19-17(20)24/h2-7,11,13-15,21-22H,8H2,1H3,(H2,18,19,24)/t11-,13+,14+,15-/m0/s1. The Kier molecular flexibility index (Phi) is 5.40. The molecule has 0 aliphatic carbocycles. The van der Waals surface area contributed by atoms with Gasteiger partial charge in [0.25, 0.3) is 0 Å². The third kappa shape index (κ3) is 3.92. The van der Waals surface area contributed by atoms with Gasteiger partial charge < -0.3 is 30.2 Å². The van der Waals surface area contributed by atoms with Gasteiger partial charge in [-0.3, -0.25) is 4.57 Å². The zero-order valence-corrected chi connectivity index (χ0v) is 14.4. The third-order valence-corrected chi connectivity index (χ3v) is 4.17. The molecule has 0 unspecified atom stereocenters. The molecule has 10 heteroatoms. The Morgan fingerprint density at radius 3 is 2.59 bits per heavy atom. The van der Waals surface area contributed by atoms with Crippen molar-refractivity contribution in [2.24, 2.45) is 0 Å². The van der Waals surface area contributed by atoms with Crippen LogP contribution in [-0.4, -0.2) is 57.8 Å². The van der Waals surface area contributed by atoms with Gasteiger partial charge in [-0.25, -0.2) is 9.59 Å². The Morgan fingerprint density at radius 2 is 1.96 bits per heavy atom. The van der Waals surface area contributed by atoms with E-state index in [4.69, 9.17) is 19.9 Å². The molecule has 2 heterocycles. The molecule has 2 aromatic rings. The summed E-state index contributed by atoms with van der Waals surface area (Å²) in [6, 6.07) is 7.64. The molecule has 27 heavy (non-hydrogen) atoms. The number of aliphatic hydroxyl groups excluding tert-OH is 2. The lowest BCUT2D eigenvalue weighted by atomic mass is 10.1. The number of benzene rings is 1. The quantitative estimate of drug-likeness (QED) is 0.576. The Morgan fingerprint density at radius 1 is 1.26 bits per heavy atom. The average Bonchev–Trinajstić information content (AvgIpc) is 2.94. The van der Waals surface area contributed by atoms with E-state index in [1.54, 1.807) is 12.1 Å². The van der Waals surface area contributed by atoms with Gasteiger partial charge in [0.1, 0.15) is 36.5 Å². The number of carbonyl (C=O) groups excluding carboxylic acids is 1. The fourth-order valence-electron chi connectivity index (χ4n) is 2.68. The van der Waals surface area contributed by atoms with Crippen molar-refractivity contribution in [3.05, 3.63) is 52.6 Å². The summed E-state index contributed by atoms with van der Waals surface area (Å²) in [7, 11) is 1.51. The second-order valence-corrected chi connectivity index (χ2v) is 5.92. The first-order valence-electron chi connectivity index (χ1n) is 8.08.